The van der Waals surface area contributed by atoms with Gasteiger partial charge >= 0.3 is 5.97 Å². The minimum atomic E-state index is -0.711. The third-order valence-corrected chi connectivity index (χ3v) is 4.95. The Morgan fingerprint density at radius 1 is 1.28 bits per heavy atom. The number of carboxylic acid groups (broad SMARTS) is 1. The van der Waals surface area contributed by atoms with Crippen LogP contribution >= 0.6 is 11.6 Å². The molecule has 0 bridgehead atoms. The first-order valence-electron chi connectivity index (χ1n) is 6.19. The number of aliphatic carboxylic acids is 1. The maximum Gasteiger partial charge on any atom is 0.310 e. The summed E-state index contributed by atoms with van der Waals surface area (Å²) < 4.78 is 5.36. The molecular weight excluding hydrogens is 252 g/mol. The lowest BCUT2D eigenvalue weighted by molar-refractivity contribution is -0.192. The molecule has 1 aliphatic heterocycles. The molecule has 1 aliphatic carbocycles. The molecule has 2 aliphatic rings. The molecule has 4 heteroatoms. The van der Waals surface area contributed by atoms with Crippen molar-refractivity contribution < 1.29 is 14.6 Å². The zero-order chi connectivity index (χ0) is 12.8. The molecule has 1 aromatic carbocycles. The topological polar surface area (TPSA) is 46.5 Å². The lowest BCUT2D eigenvalue weighted by atomic mass is 9.49. The maximum absolute atomic E-state index is 11.7. The van der Waals surface area contributed by atoms with Crippen molar-refractivity contribution >= 4 is 17.6 Å². The highest BCUT2D eigenvalue weighted by atomic mass is 35.5. The molecule has 0 atom stereocenters. The standard InChI is InChI=1S/C14H15ClO3/c15-11-5-2-1-4-10(11)14(8-18-9-14)13(12(16)17)6-3-7-13/h1-2,4-5H,3,6-9H2,(H,16,17). The Morgan fingerprint density at radius 2 is 1.94 bits per heavy atom. The van der Waals surface area contributed by atoms with Crippen molar-refractivity contribution in [1.82, 2.24) is 0 Å². The Balaban J connectivity index is 2.11. The summed E-state index contributed by atoms with van der Waals surface area (Å²) in [5.74, 6) is -0.711. The second kappa shape index (κ2) is 3.97. The van der Waals surface area contributed by atoms with E-state index >= 15 is 0 Å². The second-order valence-electron chi connectivity index (χ2n) is 5.30. The minimum Gasteiger partial charge on any atom is -0.481 e. The third kappa shape index (κ3) is 1.32. The van der Waals surface area contributed by atoms with Gasteiger partial charge in [0.05, 0.1) is 24.0 Å². The molecule has 1 saturated heterocycles. The highest BCUT2D eigenvalue weighted by molar-refractivity contribution is 6.31. The fraction of sp³-hybridized carbons (Fsp3) is 0.500. The predicted molar refractivity (Wildman–Crippen MR) is 67.9 cm³/mol. The van der Waals surface area contributed by atoms with E-state index in [2.05, 4.69) is 0 Å². The first kappa shape index (κ1) is 12.0. The van der Waals surface area contributed by atoms with Crippen LogP contribution in [-0.4, -0.2) is 24.3 Å². The average molecular weight is 267 g/mol. The summed E-state index contributed by atoms with van der Waals surface area (Å²) in [7, 11) is 0. The van der Waals surface area contributed by atoms with E-state index in [-0.39, 0.29) is 0 Å². The van der Waals surface area contributed by atoms with E-state index < -0.39 is 16.8 Å². The molecule has 96 valence electrons. The van der Waals surface area contributed by atoms with Gasteiger partial charge in [0.1, 0.15) is 0 Å². The van der Waals surface area contributed by atoms with Crippen LogP contribution in [0.25, 0.3) is 0 Å². The van der Waals surface area contributed by atoms with Gasteiger partial charge in [-0.1, -0.05) is 36.2 Å². The van der Waals surface area contributed by atoms with E-state index in [1.54, 1.807) is 0 Å². The Morgan fingerprint density at radius 3 is 2.33 bits per heavy atom. The Hall–Kier alpha value is -1.06. The molecule has 1 heterocycles. The summed E-state index contributed by atoms with van der Waals surface area (Å²) in [5.41, 5.74) is -0.189. The molecule has 18 heavy (non-hydrogen) atoms. The van der Waals surface area contributed by atoms with Crippen molar-refractivity contribution in [2.75, 3.05) is 13.2 Å². The van der Waals surface area contributed by atoms with Gasteiger partial charge in [0.15, 0.2) is 0 Å². The van der Waals surface area contributed by atoms with E-state index in [1.165, 1.54) is 0 Å². The summed E-state index contributed by atoms with van der Waals surface area (Å²) in [4.78, 5) is 11.7. The highest BCUT2D eigenvalue weighted by Crippen LogP contribution is 2.59. The van der Waals surface area contributed by atoms with Gasteiger partial charge in [0.25, 0.3) is 0 Å². The average Bonchev–Trinajstić information content (AvgIpc) is 2.21. The number of carboxylic acids is 1. The van der Waals surface area contributed by atoms with E-state index in [0.29, 0.717) is 18.2 Å². The Kier molecular flexibility index (Phi) is 2.65. The lowest BCUT2D eigenvalue weighted by Gasteiger charge is -2.57. The van der Waals surface area contributed by atoms with Crippen LogP contribution in [0.5, 0.6) is 0 Å². The molecule has 1 N–H and O–H groups in total. The van der Waals surface area contributed by atoms with Crippen LogP contribution in [0.1, 0.15) is 24.8 Å². The molecule has 1 aromatic rings. The summed E-state index contributed by atoms with van der Waals surface area (Å²) in [5, 5.41) is 10.3. The van der Waals surface area contributed by atoms with Crippen molar-refractivity contribution in [3.63, 3.8) is 0 Å². The van der Waals surface area contributed by atoms with Gasteiger partial charge in [-0.2, -0.15) is 0 Å². The van der Waals surface area contributed by atoms with Gasteiger partial charge in [-0.25, -0.2) is 0 Å². The van der Waals surface area contributed by atoms with E-state index in [0.717, 1.165) is 24.8 Å². The molecule has 0 spiro atoms. The molecule has 0 radical (unpaired) electrons. The predicted octanol–water partition coefficient (Wildman–Crippen LogP) is 2.86. The lowest BCUT2D eigenvalue weighted by Crippen LogP contribution is -2.65. The molecule has 2 fully saturated rings. The fourth-order valence-electron chi connectivity index (χ4n) is 3.27. The van der Waals surface area contributed by atoms with Crippen LogP contribution in [0.15, 0.2) is 24.3 Å². The van der Waals surface area contributed by atoms with E-state index in [9.17, 15) is 9.90 Å². The molecule has 3 rings (SSSR count). The molecule has 0 unspecified atom stereocenters. The van der Waals surface area contributed by atoms with Gasteiger partial charge in [0, 0.05) is 5.02 Å². The SMILES string of the molecule is O=C(O)C1(C2(c3ccccc3Cl)COC2)CCC1. The maximum atomic E-state index is 11.7. The minimum absolute atomic E-state index is 0.435. The van der Waals surface area contributed by atoms with Crippen LogP contribution in [0.4, 0.5) is 0 Å². The van der Waals surface area contributed by atoms with Crippen LogP contribution < -0.4 is 0 Å². The van der Waals surface area contributed by atoms with Crippen molar-refractivity contribution in [3.05, 3.63) is 34.9 Å². The second-order valence-corrected chi connectivity index (χ2v) is 5.70. The number of carbonyl (C=O) groups is 1. The third-order valence-electron chi connectivity index (χ3n) is 4.62. The fourth-order valence-corrected chi connectivity index (χ4v) is 3.59. The Labute approximate surface area is 111 Å². The zero-order valence-corrected chi connectivity index (χ0v) is 10.7. The molecule has 0 aromatic heterocycles. The smallest absolute Gasteiger partial charge is 0.310 e. The summed E-state index contributed by atoms with van der Waals surface area (Å²) >= 11 is 6.26. The largest absolute Gasteiger partial charge is 0.481 e. The molecule has 1 saturated carbocycles. The molecule has 0 amide bonds. The number of rotatable bonds is 3. The number of ether oxygens (including phenoxy) is 1. The van der Waals surface area contributed by atoms with Gasteiger partial charge < -0.3 is 9.84 Å². The number of hydrogen-bond acceptors (Lipinski definition) is 2. The van der Waals surface area contributed by atoms with Crippen molar-refractivity contribution in [2.24, 2.45) is 5.41 Å². The first-order chi connectivity index (χ1) is 8.62. The van der Waals surface area contributed by atoms with Gasteiger partial charge in [-0.05, 0) is 24.5 Å². The molecular formula is C14H15ClO3. The van der Waals surface area contributed by atoms with Gasteiger partial charge in [-0.15, -0.1) is 0 Å². The summed E-state index contributed by atoms with van der Waals surface area (Å²) in [6.45, 7) is 0.923. The van der Waals surface area contributed by atoms with E-state index in [4.69, 9.17) is 16.3 Å². The van der Waals surface area contributed by atoms with Crippen LogP contribution in [0, 0.1) is 5.41 Å². The summed E-state index contributed by atoms with van der Waals surface area (Å²) in [6, 6.07) is 7.54. The van der Waals surface area contributed by atoms with Crippen LogP contribution in [0.3, 0.4) is 0 Å². The number of benzene rings is 1. The Bertz CT molecular complexity index is 490. The van der Waals surface area contributed by atoms with E-state index in [1.807, 2.05) is 24.3 Å². The zero-order valence-electron chi connectivity index (χ0n) is 9.99. The van der Waals surface area contributed by atoms with Crippen molar-refractivity contribution in [2.45, 2.75) is 24.7 Å². The monoisotopic (exact) mass is 266 g/mol. The quantitative estimate of drug-likeness (QED) is 0.915. The number of halogens is 1. The van der Waals surface area contributed by atoms with Crippen LogP contribution in [-0.2, 0) is 14.9 Å². The number of hydrogen-bond donors (Lipinski definition) is 1. The van der Waals surface area contributed by atoms with Crippen molar-refractivity contribution in [1.29, 1.82) is 0 Å². The van der Waals surface area contributed by atoms with Crippen molar-refractivity contribution in [3.8, 4) is 0 Å². The first-order valence-corrected chi connectivity index (χ1v) is 6.56. The molecule has 3 nitrogen and oxygen atoms in total. The summed E-state index contributed by atoms with van der Waals surface area (Å²) in [6.07, 6.45) is 2.41. The highest BCUT2D eigenvalue weighted by Gasteiger charge is 2.64. The van der Waals surface area contributed by atoms with Gasteiger partial charge in [0.2, 0.25) is 0 Å². The van der Waals surface area contributed by atoms with Gasteiger partial charge in [-0.3, -0.25) is 4.79 Å². The normalized spacial score (nSPS) is 23.8. The van der Waals surface area contributed by atoms with Crippen LogP contribution in [0.2, 0.25) is 5.02 Å².